The molecule has 0 N–H and O–H groups in total. The first kappa shape index (κ1) is 11.4. The fourth-order valence-electron chi connectivity index (χ4n) is 2.25. The number of pyridine rings is 1. The highest BCUT2D eigenvalue weighted by Gasteiger charge is 2.28. The summed E-state index contributed by atoms with van der Waals surface area (Å²) in [6.45, 7) is 6.61. The van der Waals surface area contributed by atoms with Crippen molar-refractivity contribution in [1.82, 2.24) is 0 Å². The molecule has 1 heterocycles. The molecule has 1 fully saturated rings. The zero-order chi connectivity index (χ0) is 11.6. The molecule has 1 saturated carbocycles. The zero-order valence-corrected chi connectivity index (χ0v) is 10.6. The lowest BCUT2D eigenvalue weighted by Gasteiger charge is -2.18. The van der Waals surface area contributed by atoms with Crippen molar-refractivity contribution in [3.05, 3.63) is 24.4 Å². The highest BCUT2D eigenvalue weighted by molar-refractivity contribution is 5.04. The number of hydrogen-bond acceptors (Lipinski definition) is 1. The molecule has 16 heavy (non-hydrogen) atoms. The number of aromatic nitrogens is 1. The summed E-state index contributed by atoms with van der Waals surface area (Å²) in [5.74, 6) is 1.00. The molecule has 0 aromatic carbocycles. The van der Waals surface area contributed by atoms with Gasteiger partial charge in [0, 0.05) is 26.8 Å². The summed E-state index contributed by atoms with van der Waals surface area (Å²) in [6, 6.07) is 6.18. The summed E-state index contributed by atoms with van der Waals surface area (Å²) in [4.78, 5) is 0. The fraction of sp³-hybridized carbons (Fsp3) is 0.643. The first-order valence-corrected chi connectivity index (χ1v) is 6.25. The number of rotatable bonds is 2. The summed E-state index contributed by atoms with van der Waals surface area (Å²) in [5, 5.41) is 0. The SMILES string of the molecule is CC(C)(C)[n+]1ccccc1OC1CCCC1. The van der Waals surface area contributed by atoms with Gasteiger partial charge in [-0.1, -0.05) is 0 Å². The molecular weight excluding hydrogens is 198 g/mol. The first-order chi connectivity index (χ1) is 7.57. The Morgan fingerprint density at radius 2 is 1.88 bits per heavy atom. The topological polar surface area (TPSA) is 13.1 Å². The molecule has 88 valence electrons. The first-order valence-electron chi connectivity index (χ1n) is 6.25. The third-order valence-electron chi connectivity index (χ3n) is 3.13. The lowest BCUT2D eigenvalue weighted by atomic mass is 10.1. The van der Waals surface area contributed by atoms with Crippen LogP contribution in [-0.4, -0.2) is 6.10 Å². The Hall–Kier alpha value is -1.05. The van der Waals surface area contributed by atoms with Gasteiger partial charge in [0.2, 0.25) is 0 Å². The van der Waals surface area contributed by atoms with Gasteiger partial charge in [-0.25, -0.2) is 0 Å². The quantitative estimate of drug-likeness (QED) is 0.698. The Kier molecular flexibility index (Phi) is 3.17. The largest absolute Gasteiger partial charge is 0.441 e. The van der Waals surface area contributed by atoms with E-state index in [0.29, 0.717) is 6.10 Å². The van der Waals surface area contributed by atoms with Crippen molar-refractivity contribution in [2.24, 2.45) is 0 Å². The predicted octanol–water partition coefficient (Wildman–Crippen LogP) is 3.05. The maximum atomic E-state index is 6.10. The summed E-state index contributed by atoms with van der Waals surface area (Å²) < 4.78 is 8.31. The van der Waals surface area contributed by atoms with E-state index < -0.39 is 0 Å². The van der Waals surface area contributed by atoms with E-state index in [9.17, 15) is 0 Å². The monoisotopic (exact) mass is 220 g/mol. The zero-order valence-electron chi connectivity index (χ0n) is 10.6. The summed E-state index contributed by atoms with van der Waals surface area (Å²) in [7, 11) is 0. The van der Waals surface area contributed by atoms with Gasteiger partial charge in [0.15, 0.2) is 11.7 Å². The van der Waals surface area contributed by atoms with Crippen LogP contribution in [-0.2, 0) is 5.54 Å². The number of ether oxygens (including phenoxy) is 1. The number of hydrogen-bond donors (Lipinski definition) is 0. The van der Waals surface area contributed by atoms with Gasteiger partial charge in [-0.05, 0) is 31.7 Å². The molecule has 0 spiro atoms. The molecule has 1 aliphatic rings. The van der Waals surface area contributed by atoms with Crippen molar-refractivity contribution in [3.63, 3.8) is 0 Å². The summed E-state index contributed by atoms with van der Waals surface area (Å²) in [5.41, 5.74) is 0.0786. The maximum Gasteiger partial charge on any atom is 0.368 e. The molecule has 2 nitrogen and oxygen atoms in total. The predicted molar refractivity (Wildman–Crippen MR) is 64.5 cm³/mol. The Morgan fingerprint density at radius 1 is 1.19 bits per heavy atom. The second-order valence-corrected chi connectivity index (χ2v) is 5.60. The van der Waals surface area contributed by atoms with Crippen molar-refractivity contribution in [3.8, 4) is 5.88 Å². The van der Waals surface area contributed by atoms with Crippen molar-refractivity contribution >= 4 is 0 Å². The van der Waals surface area contributed by atoms with Crippen LogP contribution in [0.5, 0.6) is 5.88 Å². The van der Waals surface area contributed by atoms with Gasteiger partial charge in [0.1, 0.15) is 6.10 Å². The average molecular weight is 220 g/mol. The molecule has 0 bridgehead atoms. The summed E-state index contributed by atoms with van der Waals surface area (Å²) >= 11 is 0. The van der Waals surface area contributed by atoms with Crippen LogP contribution < -0.4 is 9.30 Å². The average Bonchev–Trinajstić information content (AvgIpc) is 2.70. The van der Waals surface area contributed by atoms with Crippen LogP contribution in [0.25, 0.3) is 0 Å². The van der Waals surface area contributed by atoms with E-state index in [4.69, 9.17) is 4.74 Å². The van der Waals surface area contributed by atoms with E-state index in [1.54, 1.807) is 0 Å². The highest BCUT2D eigenvalue weighted by atomic mass is 16.5. The Labute approximate surface area is 98.3 Å². The molecule has 1 aromatic heterocycles. The molecule has 1 aliphatic carbocycles. The third-order valence-corrected chi connectivity index (χ3v) is 3.13. The highest BCUT2D eigenvalue weighted by Crippen LogP contribution is 2.23. The van der Waals surface area contributed by atoms with Crippen LogP contribution in [0, 0.1) is 0 Å². The van der Waals surface area contributed by atoms with Gasteiger partial charge in [-0.2, -0.15) is 4.57 Å². The Bertz CT molecular complexity index is 348. The molecule has 0 aliphatic heterocycles. The van der Waals surface area contributed by atoms with Gasteiger partial charge in [-0.15, -0.1) is 0 Å². The minimum Gasteiger partial charge on any atom is -0.441 e. The molecule has 0 amide bonds. The minimum atomic E-state index is 0.0786. The van der Waals surface area contributed by atoms with Crippen LogP contribution in [0.15, 0.2) is 24.4 Å². The Balaban J connectivity index is 2.19. The van der Waals surface area contributed by atoms with Crippen LogP contribution in [0.4, 0.5) is 0 Å². The standard InChI is InChI=1S/C14H22NO/c1-14(2,3)15-11-7-6-10-13(15)16-12-8-4-5-9-12/h6-7,10-12H,4-5,8-9H2,1-3H3/q+1. The van der Waals surface area contributed by atoms with E-state index in [-0.39, 0.29) is 5.54 Å². The molecule has 0 atom stereocenters. The maximum absolute atomic E-state index is 6.10. The normalized spacial score (nSPS) is 17.7. The smallest absolute Gasteiger partial charge is 0.368 e. The second kappa shape index (κ2) is 4.44. The van der Waals surface area contributed by atoms with Crippen molar-refractivity contribution < 1.29 is 9.30 Å². The molecule has 0 saturated heterocycles. The van der Waals surface area contributed by atoms with Gasteiger partial charge < -0.3 is 4.74 Å². The van der Waals surface area contributed by atoms with Crippen molar-refractivity contribution in [1.29, 1.82) is 0 Å². The third kappa shape index (κ3) is 2.55. The van der Waals surface area contributed by atoms with E-state index in [1.165, 1.54) is 25.7 Å². The lowest BCUT2D eigenvalue weighted by Crippen LogP contribution is -2.51. The van der Waals surface area contributed by atoms with Crippen LogP contribution in [0.3, 0.4) is 0 Å². The molecule has 2 rings (SSSR count). The summed E-state index contributed by atoms with van der Waals surface area (Å²) in [6.07, 6.45) is 7.57. The molecule has 1 aromatic rings. The molecule has 0 unspecified atom stereocenters. The van der Waals surface area contributed by atoms with E-state index in [0.717, 1.165) is 5.88 Å². The second-order valence-electron chi connectivity index (χ2n) is 5.60. The molecular formula is C14H22NO+. The lowest BCUT2D eigenvalue weighted by molar-refractivity contribution is -0.758. The van der Waals surface area contributed by atoms with Crippen LogP contribution in [0.1, 0.15) is 46.5 Å². The van der Waals surface area contributed by atoms with Gasteiger partial charge in [-0.3, -0.25) is 0 Å². The Morgan fingerprint density at radius 3 is 2.50 bits per heavy atom. The fourth-order valence-corrected chi connectivity index (χ4v) is 2.25. The number of nitrogens with zero attached hydrogens (tertiary/aromatic N) is 1. The van der Waals surface area contributed by atoms with Crippen molar-refractivity contribution in [2.45, 2.75) is 58.1 Å². The van der Waals surface area contributed by atoms with Gasteiger partial charge in [0.05, 0.1) is 6.07 Å². The van der Waals surface area contributed by atoms with E-state index in [1.807, 2.05) is 6.07 Å². The van der Waals surface area contributed by atoms with Crippen LogP contribution >= 0.6 is 0 Å². The molecule has 0 radical (unpaired) electrons. The van der Waals surface area contributed by atoms with E-state index >= 15 is 0 Å². The minimum absolute atomic E-state index is 0.0786. The van der Waals surface area contributed by atoms with Crippen LogP contribution in [0.2, 0.25) is 0 Å². The van der Waals surface area contributed by atoms with Crippen molar-refractivity contribution in [2.75, 3.05) is 0 Å². The van der Waals surface area contributed by atoms with Gasteiger partial charge in [0.25, 0.3) is 0 Å². The van der Waals surface area contributed by atoms with E-state index in [2.05, 4.69) is 43.7 Å². The molecule has 2 heteroatoms. The van der Waals surface area contributed by atoms with Gasteiger partial charge >= 0.3 is 5.88 Å².